The van der Waals surface area contributed by atoms with E-state index < -0.39 is 58.1 Å². The summed E-state index contributed by atoms with van der Waals surface area (Å²) in [6.45, 7) is 2.75. The van der Waals surface area contributed by atoms with Crippen LogP contribution in [0.5, 0.6) is 0 Å². The molecule has 0 amide bonds. The van der Waals surface area contributed by atoms with Gasteiger partial charge in [0.1, 0.15) is 14.7 Å². The highest BCUT2D eigenvalue weighted by atomic mass is 28.3. The Morgan fingerprint density at radius 1 is 0.712 bits per heavy atom. The minimum Gasteiger partial charge on any atom is -0.485 e. The van der Waals surface area contributed by atoms with Gasteiger partial charge in [-0.1, -0.05) is 25.2 Å². The molecule has 14 nitrogen and oxygen atoms in total. The normalized spacial score (nSPS) is 14.4. The smallest absolute Gasteiger partial charge is 0.369 e. The fourth-order valence-corrected chi connectivity index (χ4v) is 9.47. The van der Waals surface area contributed by atoms with Crippen LogP contribution in [-0.2, 0) is 28.7 Å². The van der Waals surface area contributed by atoms with Gasteiger partial charge in [0.05, 0.1) is 26.3 Å². The van der Waals surface area contributed by atoms with E-state index in [4.69, 9.17) is 19.7 Å². The Balaban J connectivity index is 1.79. The van der Waals surface area contributed by atoms with Crippen LogP contribution in [0.25, 0.3) is 5.57 Å². The zero-order chi connectivity index (χ0) is 38.3. The van der Waals surface area contributed by atoms with Gasteiger partial charge in [-0.25, -0.2) is 14.2 Å². The average molecular weight is 736 g/mol. The van der Waals surface area contributed by atoms with Crippen molar-refractivity contribution in [3.8, 4) is 0 Å². The number of benzene rings is 2. The van der Waals surface area contributed by atoms with Crippen molar-refractivity contribution in [3.05, 3.63) is 77.1 Å². The van der Waals surface area contributed by atoms with Crippen LogP contribution in [0.15, 0.2) is 66.0 Å². The maximum absolute atomic E-state index is 11.8. The second-order valence-electron chi connectivity index (χ2n) is 13.5. The number of hydrogen-bond donors (Lipinski definition) is 4. The SMILES string of the molecule is CN(C)c1ccc2c(c1)[Si](C)(C)c1cc(N(C)C)ccc1C2=C1C=CC(=[N+](CC(=O)O)CC(=O)O)C(OCCOCCN(CC(=O)O)CC(=O)O)=C1. The number of nitrogens with zero attached hydrogens (tertiary/aromatic N) is 4. The number of hydrogen-bond acceptors (Lipinski definition) is 9. The third-order valence-electron chi connectivity index (χ3n) is 8.92. The van der Waals surface area contributed by atoms with E-state index in [1.165, 1.54) is 19.8 Å². The zero-order valence-corrected chi connectivity index (χ0v) is 31.4. The standard InChI is InChI=1S/C37H46N4O10Si/c1-38(2)25-8-10-27-31(18-25)52(5,6)32-19-26(39(3)4)9-11-28(32)37(27)24-7-12-29(41(22-35(46)47)23-36(48)49)30(17-24)51-16-15-50-14-13-40(20-33(42)43)21-34(44)45/h7-12,17-19H,13-16,20-23H2,1-6H3,(H3-,42,43,44,45,46,47,48,49)/p+1. The molecular formula is C37H47N4O10Si+. The van der Waals surface area contributed by atoms with E-state index in [9.17, 15) is 29.4 Å². The number of carbonyl (C=O) groups is 4. The molecule has 0 unspecified atom stereocenters. The van der Waals surface area contributed by atoms with Gasteiger partial charge in [0, 0.05) is 52.2 Å². The molecule has 0 aromatic heterocycles. The van der Waals surface area contributed by atoms with Crippen LogP contribution in [0, 0.1) is 0 Å². The van der Waals surface area contributed by atoms with Gasteiger partial charge in [0.15, 0.2) is 5.76 Å². The summed E-state index contributed by atoms with van der Waals surface area (Å²) in [5, 5.41) is 40.0. The number of fused-ring (bicyclic) bond motifs is 2. The van der Waals surface area contributed by atoms with Crippen molar-refractivity contribution in [3.63, 3.8) is 0 Å². The molecule has 4 rings (SSSR count). The monoisotopic (exact) mass is 735 g/mol. The number of carboxylic acids is 4. The van der Waals surface area contributed by atoms with E-state index in [0.717, 1.165) is 33.6 Å². The predicted molar refractivity (Wildman–Crippen MR) is 200 cm³/mol. The lowest BCUT2D eigenvalue weighted by Gasteiger charge is -2.37. The van der Waals surface area contributed by atoms with Gasteiger partial charge in [0.2, 0.25) is 18.8 Å². The predicted octanol–water partition coefficient (Wildman–Crippen LogP) is 1.34. The molecule has 52 heavy (non-hydrogen) atoms. The number of anilines is 2. The first-order valence-electron chi connectivity index (χ1n) is 16.7. The van der Waals surface area contributed by atoms with Crippen molar-refractivity contribution in [1.82, 2.24) is 4.90 Å². The molecule has 1 heterocycles. The van der Waals surface area contributed by atoms with Crippen LogP contribution >= 0.6 is 0 Å². The zero-order valence-electron chi connectivity index (χ0n) is 30.4. The lowest BCUT2D eigenvalue weighted by atomic mass is 9.89. The Morgan fingerprint density at radius 3 is 1.69 bits per heavy atom. The Labute approximate surface area is 303 Å². The van der Waals surface area contributed by atoms with E-state index in [2.05, 4.69) is 59.3 Å². The molecule has 15 heteroatoms. The van der Waals surface area contributed by atoms with E-state index in [1.807, 2.05) is 34.3 Å². The number of allylic oxidation sites excluding steroid dienone is 4. The lowest BCUT2D eigenvalue weighted by molar-refractivity contribution is -0.508. The van der Waals surface area contributed by atoms with Crippen molar-refractivity contribution >= 4 is 65.0 Å². The molecule has 0 atom stereocenters. The van der Waals surface area contributed by atoms with Gasteiger partial charge < -0.3 is 39.7 Å². The molecule has 2 aliphatic rings. The van der Waals surface area contributed by atoms with Crippen molar-refractivity contribution in [2.24, 2.45) is 0 Å². The summed E-state index contributed by atoms with van der Waals surface area (Å²) in [5.74, 6) is -4.48. The molecule has 0 fully saturated rings. The second-order valence-corrected chi connectivity index (χ2v) is 17.9. The Kier molecular flexibility index (Phi) is 12.8. The van der Waals surface area contributed by atoms with Gasteiger partial charge >= 0.3 is 23.9 Å². The van der Waals surface area contributed by atoms with E-state index in [1.54, 1.807) is 12.2 Å². The molecule has 278 valence electrons. The molecule has 4 N–H and O–H groups in total. The summed E-state index contributed by atoms with van der Waals surface area (Å²) < 4.78 is 13.1. The molecule has 0 radical (unpaired) electrons. The number of aliphatic carboxylic acids is 4. The van der Waals surface area contributed by atoms with Gasteiger partial charge in [0.25, 0.3) is 0 Å². The number of carboxylic acid groups (broad SMARTS) is 4. The summed E-state index contributed by atoms with van der Waals surface area (Å²) in [5.41, 5.74) is 6.37. The average Bonchev–Trinajstić information content (AvgIpc) is 3.04. The minimum absolute atomic E-state index is 0.0108. The van der Waals surface area contributed by atoms with Crippen LogP contribution < -0.4 is 20.2 Å². The van der Waals surface area contributed by atoms with Crippen LogP contribution in [0.2, 0.25) is 13.1 Å². The maximum atomic E-state index is 11.8. The molecular weight excluding hydrogens is 689 g/mol. The largest absolute Gasteiger partial charge is 0.485 e. The van der Waals surface area contributed by atoms with Gasteiger partial charge in [-0.15, -0.1) is 0 Å². The third-order valence-corrected chi connectivity index (χ3v) is 12.4. The lowest BCUT2D eigenvalue weighted by Crippen LogP contribution is -2.58. The summed E-state index contributed by atoms with van der Waals surface area (Å²) in [4.78, 5) is 51.3. The number of rotatable bonds is 17. The van der Waals surface area contributed by atoms with E-state index in [0.29, 0.717) is 0 Å². The summed E-state index contributed by atoms with van der Waals surface area (Å²) in [6, 6.07) is 13.0. The van der Waals surface area contributed by atoms with Crippen molar-refractivity contribution in [1.29, 1.82) is 0 Å². The van der Waals surface area contributed by atoms with E-state index in [-0.39, 0.29) is 37.8 Å². The van der Waals surface area contributed by atoms with Crippen LogP contribution in [0.3, 0.4) is 0 Å². The van der Waals surface area contributed by atoms with Gasteiger partial charge in [-0.3, -0.25) is 14.5 Å². The molecule has 1 aliphatic carbocycles. The summed E-state index contributed by atoms with van der Waals surface area (Å²) in [6.07, 6.45) is 5.34. The first-order chi connectivity index (χ1) is 24.5. The van der Waals surface area contributed by atoms with E-state index >= 15 is 0 Å². The Bertz CT molecular complexity index is 1760. The first kappa shape index (κ1) is 39.5. The highest BCUT2D eigenvalue weighted by Crippen LogP contribution is 2.36. The minimum atomic E-state index is -2.23. The topological polar surface area (TPSA) is 180 Å². The fraction of sp³-hybridized carbons (Fsp3) is 0.378. The molecule has 0 saturated carbocycles. The van der Waals surface area contributed by atoms with Crippen LogP contribution in [0.1, 0.15) is 11.1 Å². The van der Waals surface area contributed by atoms with Crippen LogP contribution in [-0.4, -0.2) is 148 Å². The van der Waals surface area contributed by atoms with Crippen LogP contribution in [0.4, 0.5) is 11.4 Å². The Hall–Kier alpha value is -5.25. The quantitative estimate of drug-likeness (QED) is 0.104. The first-order valence-corrected chi connectivity index (χ1v) is 19.7. The van der Waals surface area contributed by atoms with Crippen molar-refractivity contribution in [2.45, 2.75) is 13.1 Å². The molecule has 2 aromatic rings. The molecule has 0 spiro atoms. The summed E-state index contributed by atoms with van der Waals surface area (Å²) in [7, 11) is 5.81. The highest BCUT2D eigenvalue weighted by molar-refractivity contribution is 7.02. The molecule has 0 saturated heterocycles. The third kappa shape index (κ3) is 9.54. The van der Waals surface area contributed by atoms with Crippen molar-refractivity contribution in [2.75, 3.05) is 90.5 Å². The second kappa shape index (κ2) is 16.8. The molecule has 1 aliphatic heterocycles. The van der Waals surface area contributed by atoms with Gasteiger partial charge in [-0.05, 0) is 69.1 Å². The van der Waals surface area contributed by atoms with Gasteiger partial charge in [-0.2, -0.15) is 0 Å². The number of ether oxygens (including phenoxy) is 2. The van der Waals surface area contributed by atoms with Crippen molar-refractivity contribution < 1.29 is 53.7 Å². The maximum Gasteiger partial charge on any atom is 0.369 e. The highest BCUT2D eigenvalue weighted by Gasteiger charge is 2.39. The molecule has 2 aromatic carbocycles. The Morgan fingerprint density at radius 2 is 1.23 bits per heavy atom. The summed E-state index contributed by atoms with van der Waals surface area (Å²) >= 11 is 0. The molecule has 0 bridgehead atoms. The fourth-order valence-electron chi connectivity index (χ4n) is 6.39.